The Morgan fingerprint density at radius 3 is 1.92 bits per heavy atom. The summed E-state index contributed by atoms with van der Waals surface area (Å²) in [5.41, 5.74) is 3.74. The highest BCUT2D eigenvalue weighted by molar-refractivity contribution is 5.94. The number of ether oxygens (including phenoxy) is 3. The molecule has 0 radical (unpaired) electrons. The molecule has 1 amide bonds. The number of hydrogen-bond acceptors (Lipinski definition) is 12. The fourth-order valence-electron chi connectivity index (χ4n) is 4.34. The third-order valence-electron chi connectivity index (χ3n) is 6.84. The Kier molecular flexibility index (Phi) is 14.3. The number of aromatic nitrogens is 3. The molecule has 0 aliphatic carbocycles. The molecule has 13 nitrogen and oxygen atoms in total. The number of nitrogens with one attached hydrogen (secondary N) is 4. The van der Waals surface area contributed by atoms with Crippen molar-refractivity contribution in [3.8, 4) is 0 Å². The zero-order chi connectivity index (χ0) is 34.0. The van der Waals surface area contributed by atoms with Crippen LogP contribution >= 0.6 is 0 Å². The van der Waals surface area contributed by atoms with Gasteiger partial charge in [-0.2, -0.15) is 15.0 Å². The average molecular weight is 656 g/mol. The molecule has 0 saturated heterocycles. The number of amides is 1. The van der Waals surface area contributed by atoms with Gasteiger partial charge in [-0.15, -0.1) is 0 Å². The molecule has 48 heavy (non-hydrogen) atoms. The number of nitrogens with zero attached hydrogens (tertiary/aromatic N) is 3. The molecule has 4 aromatic rings. The Hall–Kier alpha value is -5.40. The molecule has 0 unspecified atom stereocenters. The van der Waals surface area contributed by atoms with E-state index in [1.54, 1.807) is 31.2 Å². The van der Waals surface area contributed by atoms with E-state index in [2.05, 4.69) is 36.2 Å². The first kappa shape index (κ1) is 35.5. The molecular weight excluding hydrogens is 614 g/mol. The number of methoxy groups -OCH3 is 1. The van der Waals surface area contributed by atoms with E-state index in [9.17, 15) is 14.4 Å². The average Bonchev–Trinajstić information content (AvgIpc) is 3.09. The highest BCUT2D eigenvalue weighted by Crippen LogP contribution is 2.20. The standard InChI is InChI=1S/C35H41N7O6/c1-25(43)7-6-19-47-21-22-48-20-18-36-33-40-34(38-29-14-10-26(11-15-29)23-31(44)46-2)42-35(41-33)39-30-16-12-28(13-17-30)32(45)37-24-27-8-4-3-5-9-27/h3-5,8-17H,6-7,18-24H2,1-2H3,(H,37,45)(H3,36,38,39,40,41,42). The van der Waals surface area contributed by atoms with Gasteiger partial charge in [-0.05, 0) is 60.9 Å². The van der Waals surface area contributed by atoms with Crippen LogP contribution in [-0.4, -0.2) is 72.7 Å². The first-order chi connectivity index (χ1) is 23.4. The largest absolute Gasteiger partial charge is 0.469 e. The molecule has 0 saturated carbocycles. The summed E-state index contributed by atoms with van der Waals surface area (Å²) in [6.45, 7) is 4.22. The molecule has 13 heteroatoms. The van der Waals surface area contributed by atoms with Crippen LogP contribution in [0.25, 0.3) is 0 Å². The summed E-state index contributed by atoms with van der Waals surface area (Å²) in [5.74, 6) is 0.537. The lowest BCUT2D eigenvalue weighted by molar-refractivity contribution is -0.139. The second kappa shape index (κ2) is 19.3. The molecule has 4 N–H and O–H groups in total. The Morgan fingerprint density at radius 2 is 1.29 bits per heavy atom. The van der Waals surface area contributed by atoms with Crippen molar-refractivity contribution in [2.75, 3.05) is 56.0 Å². The van der Waals surface area contributed by atoms with Crippen molar-refractivity contribution in [2.45, 2.75) is 32.7 Å². The molecular formula is C35H41N7O6. The number of ketones is 1. The lowest BCUT2D eigenvalue weighted by Gasteiger charge is -2.12. The summed E-state index contributed by atoms with van der Waals surface area (Å²) in [6, 6.07) is 24.0. The number of rotatable bonds is 20. The maximum Gasteiger partial charge on any atom is 0.309 e. The number of hydrogen-bond donors (Lipinski definition) is 4. The molecule has 252 valence electrons. The number of Topliss-reactive ketones (excluding diaryl/α,β-unsaturated/α-hetero) is 1. The van der Waals surface area contributed by atoms with E-state index in [1.807, 2.05) is 54.6 Å². The predicted octanol–water partition coefficient (Wildman–Crippen LogP) is 4.82. The Morgan fingerprint density at radius 1 is 0.688 bits per heavy atom. The summed E-state index contributed by atoms with van der Waals surface area (Å²) in [6.07, 6.45) is 1.39. The summed E-state index contributed by atoms with van der Waals surface area (Å²) in [5, 5.41) is 12.4. The maximum atomic E-state index is 12.7. The number of carbonyl (C=O) groups excluding carboxylic acids is 3. The quantitative estimate of drug-likeness (QED) is 0.0759. The van der Waals surface area contributed by atoms with Crippen LogP contribution in [-0.2, 0) is 36.8 Å². The highest BCUT2D eigenvalue weighted by atomic mass is 16.5. The van der Waals surface area contributed by atoms with E-state index in [-0.39, 0.29) is 36.0 Å². The minimum atomic E-state index is -0.318. The molecule has 0 aliphatic heterocycles. The van der Waals surface area contributed by atoms with Gasteiger partial charge < -0.3 is 40.3 Å². The summed E-state index contributed by atoms with van der Waals surface area (Å²) >= 11 is 0. The molecule has 0 aliphatic rings. The second-order valence-corrected chi connectivity index (χ2v) is 10.7. The van der Waals surface area contributed by atoms with E-state index in [0.717, 1.165) is 11.1 Å². The minimum absolute atomic E-state index is 0.154. The van der Waals surface area contributed by atoms with Crippen LogP contribution < -0.4 is 21.3 Å². The van der Waals surface area contributed by atoms with Gasteiger partial charge in [0.1, 0.15) is 5.78 Å². The van der Waals surface area contributed by atoms with Crippen molar-refractivity contribution >= 4 is 46.9 Å². The summed E-state index contributed by atoms with van der Waals surface area (Å²) in [7, 11) is 1.36. The first-order valence-electron chi connectivity index (χ1n) is 15.6. The molecule has 0 atom stereocenters. The molecule has 1 heterocycles. The molecule has 4 rings (SSSR count). The second-order valence-electron chi connectivity index (χ2n) is 10.7. The van der Waals surface area contributed by atoms with Crippen molar-refractivity contribution in [3.63, 3.8) is 0 Å². The van der Waals surface area contributed by atoms with Gasteiger partial charge in [-0.1, -0.05) is 42.5 Å². The Balaban J connectivity index is 1.36. The van der Waals surface area contributed by atoms with Crippen molar-refractivity contribution in [1.29, 1.82) is 0 Å². The zero-order valence-corrected chi connectivity index (χ0v) is 27.2. The Bertz CT molecular complexity index is 1600. The topological polar surface area (TPSA) is 166 Å². The van der Waals surface area contributed by atoms with Crippen LogP contribution in [0.4, 0.5) is 29.2 Å². The van der Waals surface area contributed by atoms with E-state index >= 15 is 0 Å². The number of anilines is 5. The van der Waals surface area contributed by atoms with Gasteiger partial charge in [0.2, 0.25) is 17.8 Å². The van der Waals surface area contributed by atoms with Gasteiger partial charge in [-0.25, -0.2) is 0 Å². The van der Waals surface area contributed by atoms with Crippen LogP contribution in [0.1, 0.15) is 41.3 Å². The maximum absolute atomic E-state index is 12.7. The third-order valence-corrected chi connectivity index (χ3v) is 6.84. The van der Waals surface area contributed by atoms with E-state index in [0.29, 0.717) is 75.2 Å². The van der Waals surface area contributed by atoms with Crippen LogP contribution in [0.15, 0.2) is 78.9 Å². The summed E-state index contributed by atoms with van der Waals surface area (Å²) in [4.78, 5) is 48.8. The van der Waals surface area contributed by atoms with E-state index in [4.69, 9.17) is 14.2 Å². The van der Waals surface area contributed by atoms with Crippen LogP contribution in [0.5, 0.6) is 0 Å². The lowest BCUT2D eigenvalue weighted by Crippen LogP contribution is -2.22. The molecule has 0 fully saturated rings. The van der Waals surface area contributed by atoms with Gasteiger partial charge in [0.15, 0.2) is 0 Å². The number of esters is 1. The van der Waals surface area contributed by atoms with E-state index < -0.39 is 0 Å². The molecule has 3 aromatic carbocycles. The summed E-state index contributed by atoms with van der Waals surface area (Å²) < 4.78 is 15.9. The van der Waals surface area contributed by atoms with Gasteiger partial charge in [0.05, 0.1) is 33.4 Å². The molecule has 1 aromatic heterocycles. The molecule has 0 spiro atoms. The lowest BCUT2D eigenvalue weighted by atomic mass is 10.1. The van der Waals surface area contributed by atoms with E-state index in [1.165, 1.54) is 7.11 Å². The van der Waals surface area contributed by atoms with Gasteiger partial charge in [0.25, 0.3) is 5.91 Å². The smallest absolute Gasteiger partial charge is 0.309 e. The van der Waals surface area contributed by atoms with Crippen LogP contribution in [0.3, 0.4) is 0 Å². The minimum Gasteiger partial charge on any atom is -0.469 e. The Labute approximate surface area is 279 Å². The predicted molar refractivity (Wildman–Crippen MR) is 183 cm³/mol. The van der Waals surface area contributed by atoms with Gasteiger partial charge in [0, 0.05) is 43.1 Å². The van der Waals surface area contributed by atoms with Crippen molar-refractivity contribution < 1.29 is 28.6 Å². The SMILES string of the molecule is COC(=O)Cc1ccc(Nc2nc(NCCOCCOCCCC(C)=O)nc(Nc3ccc(C(=O)NCc4ccccc4)cc3)n2)cc1. The molecule has 0 bridgehead atoms. The normalized spacial score (nSPS) is 10.6. The fraction of sp³-hybridized carbons (Fsp3) is 0.314. The fourth-order valence-corrected chi connectivity index (χ4v) is 4.34. The van der Waals surface area contributed by atoms with Crippen molar-refractivity contribution in [2.24, 2.45) is 0 Å². The van der Waals surface area contributed by atoms with Crippen molar-refractivity contribution in [1.82, 2.24) is 20.3 Å². The van der Waals surface area contributed by atoms with Crippen molar-refractivity contribution in [3.05, 3.63) is 95.6 Å². The zero-order valence-electron chi connectivity index (χ0n) is 27.2. The monoisotopic (exact) mass is 655 g/mol. The van der Waals surface area contributed by atoms with Gasteiger partial charge >= 0.3 is 5.97 Å². The first-order valence-corrected chi connectivity index (χ1v) is 15.6. The third kappa shape index (κ3) is 12.8. The number of benzene rings is 3. The van der Waals surface area contributed by atoms with Gasteiger partial charge in [-0.3, -0.25) is 9.59 Å². The van der Waals surface area contributed by atoms with Crippen LogP contribution in [0, 0.1) is 0 Å². The number of carbonyl (C=O) groups is 3. The highest BCUT2D eigenvalue weighted by Gasteiger charge is 2.10. The van der Waals surface area contributed by atoms with Crippen LogP contribution in [0.2, 0.25) is 0 Å².